The van der Waals surface area contributed by atoms with Gasteiger partial charge in [0.2, 0.25) is 0 Å². The second kappa shape index (κ2) is 9.95. The van der Waals surface area contributed by atoms with Gasteiger partial charge in [0.1, 0.15) is 5.82 Å². The van der Waals surface area contributed by atoms with Gasteiger partial charge in [-0.1, -0.05) is 38.1 Å². The van der Waals surface area contributed by atoms with Crippen LogP contribution in [0.5, 0.6) is 0 Å². The second-order valence-electron chi connectivity index (χ2n) is 8.01. The number of anilines is 1. The molecule has 0 heterocycles. The number of rotatable bonds is 8. The molecule has 0 fully saturated rings. The smallest absolute Gasteiger partial charge is 0.261 e. The average Bonchev–Trinajstić information content (AvgIpc) is 2.78. The zero-order valence-corrected chi connectivity index (χ0v) is 19.3. The number of Topliss-reactive ketones (excluding diaryl/α,β-unsaturated/α-hetero) is 1. The normalized spacial score (nSPS) is 12.3. The number of sulfonamides is 1. The number of halogens is 1. The third-order valence-electron chi connectivity index (χ3n) is 5.15. The van der Waals surface area contributed by atoms with Crippen LogP contribution in [-0.4, -0.2) is 20.1 Å². The van der Waals surface area contributed by atoms with E-state index in [2.05, 4.69) is 10.0 Å². The van der Waals surface area contributed by atoms with Gasteiger partial charge in [-0.3, -0.25) is 14.3 Å². The summed E-state index contributed by atoms with van der Waals surface area (Å²) < 4.78 is 40.9. The zero-order valence-electron chi connectivity index (χ0n) is 18.5. The number of hydrogen-bond donors (Lipinski definition) is 2. The van der Waals surface area contributed by atoms with E-state index in [0.29, 0.717) is 16.8 Å². The summed E-state index contributed by atoms with van der Waals surface area (Å²) in [5.74, 6) is -0.757. The molecule has 0 aliphatic rings. The first-order chi connectivity index (χ1) is 15.6. The molecule has 0 spiro atoms. The van der Waals surface area contributed by atoms with Gasteiger partial charge in [-0.2, -0.15) is 0 Å². The molecule has 3 aromatic carbocycles. The standard InChI is InChI=1S/C25H25FN2O4S/c1-16(2)24(19-4-10-21(26)11-5-19)27-25(30)20-6-12-22(13-7-20)28-33(31,32)23-14-8-18(9-15-23)17(3)29/h4-16,24,28H,1-3H3,(H,27,30). The van der Waals surface area contributed by atoms with E-state index >= 15 is 0 Å². The fourth-order valence-electron chi connectivity index (χ4n) is 3.30. The molecule has 33 heavy (non-hydrogen) atoms. The van der Waals surface area contributed by atoms with E-state index in [1.54, 1.807) is 12.1 Å². The lowest BCUT2D eigenvalue weighted by Crippen LogP contribution is -2.31. The third kappa shape index (κ3) is 6.04. The highest BCUT2D eigenvalue weighted by Crippen LogP contribution is 2.23. The summed E-state index contributed by atoms with van der Waals surface area (Å²) in [6.45, 7) is 5.31. The van der Waals surface area contributed by atoms with Crippen LogP contribution in [0.25, 0.3) is 0 Å². The molecule has 1 amide bonds. The molecule has 0 saturated carbocycles. The minimum atomic E-state index is -3.85. The van der Waals surface area contributed by atoms with Crippen LogP contribution in [0.2, 0.25) is 0 Å². The van der Waals surface area contributed by atoms with Gasteiger partial charge in [-0.05, 0) is 66.9 Å². The van der Waals surface area contributed by atoms with Crippen molar-refractivity contribution < 1.29 is 22.4 Å². The number of ketones is 1. The average molecular weight is 469 g/mol. The van der Waals surface area contributed by atoms with Crippen molar-refractivity contribution in [2.24, 2.45) is 5.92 Å². The number of carbonyl (C=O) groups excluding carboxylic acids is 2. The molecule has 0 aliphatic carbocycles. The van der Waals surface area contributed by atoms with Crippen molar-refractivity contribution in [2.45, 2.75) is 31.7 Å². The largest absolute Gasteiger partial charge is 0.345 e. The molecule has 1 unspecified atom stereocenters. The first kappa shape index (κ1) is 24.1. The van der Waals surface area contributed by atoms with Crippen LogP contribution in [0.15, 0.2) is 77.7 Å². The van der Waals surface area contributed by atoms with Crippen LogP contribution in [0.4, 0.5) is 10.1 Å². The Morgan fingerprint density at radius 2 is 1.36 bits per heavy atom. The Bertz CT molecular complexity index is 1240. The van der Waals surface area contributed by atoms with Crippen LogP contribution in [0, 0.1) is 11.7 Å². The van der Waals surface area contributed by atoms with Crippen molar-refractivity contribution >= 4 is 27.4 Å². The Labute approximate surface area is 192 Å². The molecule has 2 N–H and O–H groups in total. The van der Waals surface area contributed by atoms with Gasteiger partial charge >= 0.3 is 0 Å². The molecule has 0 aromatic heterocycles. The first-order valence-corrected chi connectivity index (χ1v) is 11.9. The van der Waals surface area contributed by atoms with E-state index in [9.17, 15) is 22.4 Å². The molecule has 0 bridgehead atoms. The maximum atomic E-state index is 13.2. The van der Waals surface area contributed by atoms with Crippen molar-refractivity contribution in [3.63, 3.8) is 0 Å². The topological polar surface area (TPSA) is 92.3 Å². The lowest BCUT2D eigenvalue weighted by atomic mass is 9.95. The Hall–Kier alpha value is -3.52. The lowest BCUT2D eigenvalue weighted by Gasteiger charge is -2.23. The fraction of sp³-hybridized carbons (Fsp3) is 0.200. The summed E-state index contributed by atoms with van der Waals surface area (Å²) in [5, 5.41) is 2.95. The Balaban J connectivity index is 1.71. The van der Waals surface area contributed by atoms with Gasteiger partial charge in [-0.25, -0.2) is 12.8 Å². The molecule has 6 nitrogen and oxygen atoms in total. The van der Waals surface area contributed by atoms with Crippen molar-refractivity contribution in [1.82, 2.24) is 5.32 Å². The second-order valence-corrected chi connectivity index (χ2v) is 9.69. The summed E-state index contributed by atoms with van der Waals surface area (Å²) >= 11 is 0. The summed E-state index contributed by atoms with van der Waals surface area (Å²) in [7, 11) is -3.85. The quantitative estimate of drug-likeness (QED) is 0.457. The van der Waals surface area contributed by atoms with Gasteiger partial charge in [0.15, 0.2) is 5.78 Å². The number of nitrogens with one attached hydrogen (secondary N) is 2. The minimum absolute atomic E-state index is 0.0217. The number of hydrogen-bond acceptors (Lipinski definition) is 4. The predicted molar refractivity (Wildman–Crippen MR) is 125 cm³/mol. The number of amides is 1. The van der Waals surface area contributed by atoms with E-state index < -0.39 is 10.0 Å². The molecule has 3 rings (SSSR count). The van der Waals surface area contributed by atoms with E-state index in [-0.39, 0.29) is 34.4 Å². The Morgan fingerprint density at radius 3 is 1.88 bits per heavy atom. The predicted octanol–water partition coefficient (Wildman–Crippen LogP) is 4.96. The highest BCUT2D eigenvalue weighted by atomic mass is 32.2. The van der Waals surface area contributed by atoms with E-state index in [1.165, 1.54) is 67.6 Å². The summed E-state index contributed by atoms with van der Waals surface area (Å²) in [4.78, 5) is 24.1. The zero-order chi connectivity index (χ0) is 24.2. The van der Waals surface area contributed by atoms with E-state index in [1.807, 2.05) is 13.8 Å². The molecule has 0 aliphatic heterocycles. The van der Waals surface area contributed by atoms with Crippen LogP contribution in [0.1, 0.15) is 53.1 Å². The molecule has 3 aromatic rings. The Kier molecular flexibility index (Phi) is 7.28. The van der Waals surface area contributed by atoms with E-state index in [4.69, 9.17) is 0 Å². The highest BCUT2D eigenvalue weighted by Gasteiger charge is 2.20. The van der Waals surface area contributed by atoms with Crippen molar-refractivity contribution in [1.29, 1.82) is 0 Å². The maximum absolute atomic E-state index is 13.2. The fourth-order valence-corrected chi connectivity index (χ4v) is 4.36. The Morgan fingerprint density at radius 1 is 0.818 bits per heavy atom. The van der Waals surface area contributed by atoms with Gasteiger partial charge < -0.3 is 5.32 Å². The highest BCUT2D eigenvalue weighted by molar-refractivity contribution is 7.92. The third-order valence-corrected chi connectivity index (χ3v) is 6.55. The van der Waals surface area contributed by atoms with Crippen LogP contribution < -0.4 is 10.0 Å². The summed E-state index contributed by atoms with van der Waals surface area (Å²) in [6.07, 6.45) is 0. The number of benzene rings is 3. The van der Waals surface area contributed by atoms with Gasteiger partial charge in [0, 0.05) is 16.8 Å². The molecular formula is C25H25FN2O4S. The minimum Gasteiger partial charge on any atom is -0.345 e. The molecular weight excluding hydrogens is 443 g/mol. The van der Waals surface area contributed by atoms with Crippen LogP contribution in [-0.2, 0) is 10.0 Å². The van der Waals surface area contributed by atoms with Crippen molar-refractivity contribution in [2.75, 3.05) is 4.72 Å². The molecule has 8 heteroatoms. The van der Waals surface area contributed by atoms with Gasteiger partial charge in [0.05, 0.1) is 10.9 Å². The first-order valence-electron chi connectivity index (χ1n) is 10.4. The molecule has 0 saturated heterocycles. The van der Waals surface area contributed by atoms with Gasteiger partial charge in [0.25, 0.3) is 15.9 Å². The molecule has 1 atom stereocenters. The SMILES string of the molecule is CC(=O)c1ccc(S(=O)(=O)Nc2ccc(C(=O)NC(c3ccc(F)cc3)C(C)C)cc2)cc1. The maximum Gasteiger partial charge on any atom is 0.261 e. The summed E-state index contributed by atoms with van der Waals surface area (Å²) in [5.41, 5.74) is 1.86. The number of carbonyl (C=O) groups is 2. The van der Waals surface area contributed by atoms with E-state index in [0.717, 1.165) is 5.56 Å². The van der Waals surface area contributed by atoms with Crippen molar-refractivity contribution in [3.05, 3.63) is 95.3 Å². The summed E-state index contributed by atoms with van der Waals surface area (Å²) in [6, 6.07) is 17.4. The monoisotopic (exact) mass is 468 g/mol. The molecule has 172 valence electrons. The van der Waals surface area contributed by atoms with Gasteiger partial charge in [-0.15, -0.1) is 0 Å². The lowest BCUT2D eigenvalue weighted by molar-refractivity contribution is 0.0925. The van der Waals surface area contributed by atoms with Crippen molar-refractivity contribution in [3.8, 4) is 0 Å². The van der Waals surface area contributed by atoms with Crippen LogP contribution >= 0.6 is 0 Å². The molecule has 0 radical (unpaired) electrons. The van der Waals surface area contributed by atoms with Crippen LogP contribution in [0.3, 0.4) is 0 Å².